The molecule has 0 aromatic rings. The molecule has 0 radical (unpaired) electrons. The van der Waals surface area contributed by atoms with Crippen molar-refractivity contribution in [3.63, 3.8) is 0 Å². The first-order chi connectivity index (χ1) is 4.56. The van der Waals surface area contributed by atoms with Crippen LogP contribution in [0.25, 0.3) is 0 Å². The van der Waals surface area contributed by atoms with E-state index < -0.39 is 8.07 Å². The summed E-state index contributed by atoms with van der Waals surface area (Å²) in [6.45, 7) is 6.60. The van der Waals surface area contributed by atoms with E-state index in [4.69, 9.17) is 5.26 Å². The second-order valence-corrected chi connectivity index (χ2v) is 7.96. The summed E-state index contributed by atoms with van der Waals surface area (Å²) in [4.78, 5) is 0. The van der Waals surface area contributed by atoms with Crippen molar-refractivity contribution in [2.24, 2.45) is 0 Å². The summed E-state index contributed by atoms with van der Waals surface area (Å²) in [6.07, 6.45) is 1.30. The highest BCUT2D eigenvalue weighted by Gasteiger charge is 2.06. The molecule has 1 nitrogen and oxygen atoms in total. The minimum atomic E-state index is -1.18. The van der Waals surface area contributed by atoms with Crippen LogP contribution in [0.2, 0.25) is 19.6 Å². The molecule has 2 heteroatoms. The fourth-order valence-electron chi connectivity index (χ4n) is 0.446. The Kier molecular flexibility index (Phi) is 3.84. The third-order valence-electron chi connectivity index (χ3n) is 0.825. The molecule has 0 saturated heterocycles. The Labute approximate surface area is 64.1 Å². The zero-order valence-electron chi connectivity index (χ0n) is 6.86. The lowest BCUT2D eigenvalue weighted by molar-refractivity contribution is 1.09. The van der Waals surface area contributed by atoms with E-state index in [1.807, 2.05) is 0 Å². The molecular weight excluding hydrogens is 138 g/mol. The van der Waals surface area contributed by atoms with Gasteiger partial charge in [-0.2, -0.15) is 5.26 Å². The monoisotopic (exact) mass is 151 g/mol. The molecule has 0 aliphatic heterocycles. The van der Waals surface area contributed by atoms with Crippen LogP contribution in [-0.4, -0.2) is 8.07 Å². The lowest BCUT2D eigenvalue weighted by Crippen LogP contribution is -2.16. The van der Waals surface area contributed by atoms with E-state index in [-0.39, 0.29) is 0 Å². The van der Waals surface area contributed by atoms with Crippen LogP contribution in [0.4, 0.5) is 0 Å². The van der Waals surface area contributed by atoms with E-state index in [2.05, 4.69) is 37.2 Å². The van der Waals surface area contributed by atoms with Gasteiger partial charge in [0.2, 0.25) is 0 Å². The van der Waals surface area contributed by atoms with E-state index in [0.717, 1.165) is 6.42 Å². The van der Waals surface area contributed by atoms with Crippen LogP contribution in [0.15, 0.2) is 0 Å². The Morgan fingerprint density at radius 2 is 1.80 bits per heavy atom. The predicted molar refractivity (Wildman–Crippen MR) is 46.0 cm³/mol. The molecule has 0 atom stereocenters. The Morgan fingerprint density at radius 3 is 2.20 bits per heavy atom. The minimum absolute atomic E-state index is 0.567. The highest BCUT2D eigenvalue weighted by atomic mass is 28.3. The minimum Gasteiger partial charge on any atom is -0.198 e. The maximum Gasteiger partial charge on any atom is 0.129 e. The standard InChI is InChI=1S/C8H13NSi/c1-10(2,3)8-6-4-5-7-9/h4-5H2,1-3H3. The van der Waals surface area contributed by atoms with Crippen LogP contribution in [0, 0.1) is 22.8 Å². The van der Waals surface area contributed by atoms with Gasteiger partial charge >= 0.3 is 0 Å². The molecule has 54 valence electrons. The molecule has 0 amide bonds. The zero-order chi connectivity index (χ0) is 8.04. The summed E-state index contributed by atoms with van der Waals surface area (Å²) in [5, 5.41) is 8.19. The summed E-state index contributed by atoms with van der Waals surface area (Å²) in [5.74, 6) is 3.02. The maximum atomic E-state index is 8.19. The number of nitriles is 1. The average molecular weight is 151 g/mol. The Balaban J connectivity index is 3.62. The third-order valence-corrected chi connectivity index (χ3v) is 1.75. The fourth-order valence-corrected chi connectivity index (χ4v) is 1.10. The normalized spacial score (nSPS) is 9.40. The van der Waals surface area contributed by atoms with Gasteiger partial charge in [-0.05, 0) is 0 Å². The second-order valence-electron chi connectivity index (χ2n) is 3.21. The van der Waals surface area contributed by atoms with Gasteiger partial charge in [0.1, 0.15) is 8.07 Å². The van der Waals surface area contributed by atoms with Crippen LogP contribution in [0.3, 0.4) is 0 Å². The molecule has 0 aliphatic carbocycles. The van der Waals surface area contributed by atoms with Gasteiger partial charge in [-0.15, -0.1) is 11.5 Å². The highest BCUT2D eigenvalue weighted by molar-refractivity contribution is 6.83. The van der Waals surface area contributed by atoms with E-state index in [1.165, 1.54) is 0 Å². The van der Waals surface area contributed by atoms with Gasteiger partial charge in [0.05, 0.1) is 6.07 Å². The van der Waals surface area contributed by atoms with E-state index >= 15 is 0 Å². The van der Waals surface area contributed by atoms with E-state index in [0.29, 0.717) is 6.42 Å². The van der Waals surface area contributed by atoms with Crippen molar-refractivity contribution in [2.45, 2.75) is 32.5 Å². The van der Waals surface area contributed by atoms with Gasteiger partial charge in [-0.25, -0.2) is 0 Å². The van der Waals surface area contributed by atoms with Gasteiger partial charge in [-0.1, -0.05) is 19.6 Å². The predicted octanol–water partition coefficient (Wildman–Crippen LogP) is 2.17. The highest BCUT2D eigenvalue weighted by Crippen LogP contribution is 1.96. The molecule has 0 heterocycles. The summed E-state index contributed by atoms with van der Waals surface area (Å²) in [7, 11) is -1.18. The fraction of sp³-hybridized carbons (Fsp3) is 0.625. The van der Waals surface area contributed by atoms with E-state index in [1.54, 1.807) is 0 Å². The quantitative estimate of drug-likeness (QED) is 0.320. The van der Waals surface area contributed by atoms with E-state index in [9.17, 15) is 0 Å². The first-order valence-corrected chi connectivity index (χ1v) is 6.93. The summed E-state index contributed by atoms with van der Waals surface area (Å²) >= 11 is 0. The lowest BCUT2D eigenvalue weighted by Gasteiger charge is -2.02. The van der Waals surface area contributed by atoms with Gasteiger partial charge in [0, 0.05) is 12.8 Å². The van der Waals surface area contributed by atoms with Crippen molar-refractivity contribution in [1.29, 1.82) is 5.26 Å². The van der Waals surface area contributed by atoms with Gasteiger partial charge in [0.25, 0.3) is 0 Å². The average Bonchev–Trinajstić information content (AvgIpc) is 1.78. The lowest BCUT2D eigenvalue weighted by atomic mass is 10.3. The summed E-state index contributed by atoms with van der Waals surface area (Å²) < 4.78 is 0. The number of rotatable bonds is 1. The third kappa shape index (κ3) is 7.27. The van der Waals surface area contributed by atoms with Gasteiger partial charge in [-0.3, -0.25) is 0 Å². The van der Waals surface area contributed by atoms with Crippen molar-refractivity contribution >= 4 is 8.07 Å². The number of hydrogen-bond donors (Lipinski definition) is 0. The Hall–Kier alpha value is -0.733. The van der Waals surface area contributed by atoms with Crippen molar-refractivity contribution in [3.05, 3.63) is 0 Å². The molecule has 0 fully saturated rings. The molecular formula is C8H13NSi. The van der Waals surface area contributed by atoms with Crippen molar-refractivity contribution in [1.82, 2.24) is 0 Å². The smallest absolute Gasteiger partial charge is 0.129 e. The molecule has 0 N–H and O–H groups in total. The maximum absolute atomic E-state index is 8.19. The van der Waals surface area contributed by atoms with Crippen LogP contribution in [0.1, 0.15) is 12.8 Å². The summed E-state index contributed by atoms with van der Waals surface area (Å²) in [6, 6.07) is 2.07. The molecule has 0 unspecified atom stereocenters. The number of unbranched alkanes of at least 4 members (excludes halogenated alkanes) is 1. The molecule has 0 bridgehead atoms. The first-order valence-electron chi connectivity index (χ1n) is 3.43. The summed E-state index contributed by atoms with van der Waals surface area (Å²) in [5.41, 5.74) is 3.19. The number of hydrogen-bond acceptors (Lipinski definition) is 1. The number of nitrogens with zero attached hydrogens (tertiary/aromatic N) is 1. The van der Waals surface area contributed by atoms with Crippen LogP contribution < -0.4 is 0 Å². The molecule has 0 rings (SSSR count). The zero-order valence-corrected chi connectivity index (χ0v) is 7.86. The molecule has 0 spiro atoms. The Morgan fingerprint density at radius 1 is 1.20 bits per heavy atom. The van der Waals surface area contributed by atoms with Crippen molar-refractivity contribution in [3.8, 4) is 17.5 Å². The van der Waals surface area contributed by atoms with Crippen LogP contribution in [0.5, 0.6) is 0 Å². The second kappa shape index (κ2) is 4.14. The van der Waals surface area contributed by atoms with Crippen LogP contribution >= 0.6 is 0 Å². The molecule has 0 aromatic carbocycles. The van der Waals surface area contributed by atoms with Crippen LogP contribution in [-0.2, 0) is 0 Å². The van der Waals surface area contributed by atoms with Gasteiger partial charge in [0.15, 0.2) is 0 Å². The molecule has 0 aliphatic rings. The Bertz CT molecular complexity index is 184. The topological polar surface area (TPSA) is 23.8 Å². The molecule has 10 heavy (non-hydrogen) atoms. The van der Waals surface area contributed by atoms with Crippen molar-refractivity contribution < 1.29 is 0 Å². The molecule has 0 aromatic heterocycles. The first kappa shape index (κ1) is 9.27. The largest absolute Gasteiger partial charge is 0.198 e. The van der Waals surface area contributed by atoms with Gasteiger partial charge < -0.3 is 0 Å². The SMILES string of the molecule is C[Si](C)(C)C#CCCC#N. The van der Waals surface area contributed by atoms with Crippen molar-refractivity contribution in [2.75, 3.05) is 0 Å². The molecule has 0 saturated carbocycles.